The third kappa shape index (κ3) is 9.62. The summed E-state index contributed by atoms with van der Waals surface area (Å²) in [6, 6.07) is 5.85. The van der Waals surface area contributed by atoms with Gasteiger partial charge in [-0.1, -0.05) is 0 Å². The Morgan fingerprint density at radius 3 is 2.64 bits per heavy atom. The minimum absolute atomic E-state index is 0.0633. The lowest BCUT2D eigenvalue weighted by molar-refractivity contribution is -0.160. The summed E-state index contributed by atoms with van der Waals surface area (Å²) in [6.07, 6.45) is 5.92. The fourth-order valence-corrected chi connectivity index (χ4v) is 5.17. The SMILES string of the molecule is CNC(=O)C(CCC=O)N(C)Cc1cc(O)ccc1C=O.N#CC1=CC(n2cc(CN3CCCC3)cn2)=CC(C(F)(F)F)C1. The van der Waals surface area contributed by atoms with Crippen LogP contribution >= 0.6 is 0 Å². The number of allylic oxidation sites excluding steroid dienone is 4. The van der Waals surface area contributed by atoms with Crippen LogP contribution in [-0.4, -0.2) is 82.6 Å². The molecule has 13 heteroatoms. The average Bonchev–Trinajstić information content (AvgIpc) is 3.70. The third-order valence-corrected chi connectivity index (χ3v) is 7.52. The second kappa shape index (κ2) is 16.0. The highest BCUT2D eigenvalue weighted by molar-refractivity contribution is 5.82. The maximum Gasteiger partial charge on any atom is 0.395 e. The van der Waals surface area contributed by atoms with Gasteiger partial charge in [0.05, 0.1) is 29.9 Å². The van der Waals surface area contributed by atoms with Gasteiger partial charge in [0.2, 0.25) is 5.91 Å². The van der Waals surface area contributed by atoms with Gasteiger partial charge in [0.1, 0.15) is 18.3 Å². The number of rotatable bonds is 11. The number of carbonyl (C=O) groups is 3. The minimum Gasteiger partial charge on any atom is -0.508 e. The number of nitrogens with zero attached hydrogens (tertiary/aromatic N) is 5. The quantitative estimate of drug-likeness (QED) is 0.362. The number of nitrogens with one attached hydrogen (secondary N) is 1. The molecule has 2 heterocycles. The fourth-order valence-electron chi connectivity index (χ4n) is 5.17. The molecule has 1 fully saturated rings. The van der Waals surface area contributed by atoms with Crippen LogP contribution in [-0.2, 0) is 22.7 Å². The molecule has 0 spiro atoms. The maximum atomic E-state index is 13.0. The first-order chi connectivity index (χ1) is 21.0. The fraction of sp³-hybridized carbons (Fsp3) is 0.452. The Bertz CT molecular complexity index is 1410. The van der Waals surface area contributed by atoms with Gasteiger partial charge in [-0.3, -0.25) is 19.4 Å². The summed E-state index contributed by atoms with van der Waals surface area (Å²) in [6.45, 7) is 3.16. The molecule has 1 aromatic heterocycles. The summed E-state index contributed by atoms with van der Waals surface area (Å²) in [5, 5.41) is 25.2. The lowest BCUT2D eigenvalue weighted by Crippen LogP contribution is -2.43. The first kappa shape index (κ1) is 34.2. The zero-order valence-corrected chi connectivity index (χ0v) is 24.8. The highest BCUT2D eigenvalue weighted by Crippen LogP contribution is 2.37. The molecule has 2 aromatic rings. The number of aromatic nitrogens is 2. The van der Waals surface area contributed by atoms with Gasteiger partial charge < -0.3 is 15.2 Å². The Morgan fingerprint density at radius 2 is 2.02 bits per heavy atom. The minimum atomic E-state index is -4.35. The van der Waals surface area contributed by atoms with E-state index in [1.54, 1.807) is 24.3 Å². The van der Waals surface area contributed by atoms with Crippen molar-refractivity contribution < 1.29 is 32.7 Å². The monoisotopic (exact) mass is 614 g/mol. The molecule has 236 valence electrons. The van der Waals surface area contributed by atoms with Crippen LogP contribution in [0.5, 0.6) is 5.75 Å². The van der Waals surface area contributed by atoms with Crippen LogP contribution in [0.4, 0.5) is 13.2 Å². The van der Waals surface area contributed by atoms with Crippen LogP contribution in [0.25, 0.3) is 5.70 Å². The van der Waals surface area contributed by atoms with Gasteiger partial charge in [-0.2, -0.15) is 23.5 Å². The topological polar surface area (TPSA) is 132 Å². The van der Waals surface area contributed by atoms with Crippen LogP contribution in [0, 0.1) is 17.2 Å². The van der Waals surface area contributed by atoms with Gasteiger partial charge in [-0.15, -0.1) is 0 Å². The normalized spacial score (nSPS) is 17.5. The van der Waals surface area contributed by atoms with Crippen molar-refractivity contribution in [3.63, 3.8) is 0 Å². The molecular weight excluding hydrogens is 577 g/mol. The Kier molecular flexibility index (Phi) is 12.4. The van der Waals surface area contributed by atoms with E-state index in [4.69, 9.17) is 5.26 Å². The molecule has 2 aliphatic rings. The molecule has 1 amide bonds. The van der Waals surface area contributed by atoms with E-state index < -0.39 is 18.1 Å². The first-order valence-corrected chi connectivity index (χ1v) is 14.3. The Balaban J connectivity index is 0.000000242. The number of amides is 1. The number of likely N-dealkylation sites (N-methyl/N-ethyl adjacent to an activating group) is 2. The zero-order chi connectivity index (χ0) is 32.3. The van der Waals surface area contributed by atoms with E-state index >= 15 is 0 Å². The third-order valence-electron chi connectivity index (χ3n) is 7.52. The Morgan fingerprint density at radius 1 is 1.30 bits per heavy atom. The molecule has 2 atom stereocenters. The smallest absolute Gasteiger partial charge is 0.395 e. The predicted molar refractivity (Wildman–Crippen MR) is 157 cm³/mol. The standard InChI is InChI=1S/C16H17F3N4.C15H20N2O4/c17-16(18,19)14-5-12(8-20)6-15(7-14)23-11-13(9-21-23)10-22-3-1-2-4-22;1-16-15(21)14(4-3-7-18)17(2)9-12-8-13(20)6-5-11(12)10-19/h6-7,9,11,14H,1-5,10H2;5-8,10,14,20H,3-4,9H2,1-2H3,(H,16,21). The van der Waals surface area contributed by atoms with Crippen molar-refractivity contribution in [2.75, 3.05) is 27.2 Å². The van der Waals surface area contributed by atoms with E-state index in [1.165, 1.54) is 48.8 Å². The first-order valence-electron chi connectivity index (χ1n) is 14.3. The molecule has 1 aliphatic carbocycles. The predicted octanol–water partition coefficient (Wildman–Crippen LogP) is 4.08. The number of phenols is 1. The number of alkyl halides is 3. The number of benzene rings is 1. The zero-order valence-electron chi connectivity index (χ0n) is 24.8. The number of aromatic hydroxyl groups is 1. The summed E-state index contributed by atoms with van der Waals surface area (Å²) in [5.41, 5.74) is 2.50. The van der Waals surface area contributed by atoms with Crippen LogP contribution in [0.15, 0.2) is 48.3 Å². The average molecular weight is 615 g/mol. The molecule has 1 saturated heterocycles. The largest absolute Gasteiger partial charge is 0.508 e. The summed E-state index contributed by atoms with van der Waals surface area (Å²) in [4.78, 5) is 37.5. The number of hydrogen-bond acceptors (Lipinski definition) is 8. The van der Waals surface area contributed by atoms with E-state index in [-0.39, 0.29) is 30.1 Å². The summed E-state index contributed by atoms with van der Waals surface area (Å²) < 4.78 is 40.4. The number of likely N-dealkylation sites (tertiary alicyclic amines) is 1. The van der Waals surface area contributed by atoms with Crippen LogP contribution in [0.1, 0.15) is 53.6 Å². The van der Waals surface area contributed by atoms with Crippen LogP contribution < -0.4 is 5.32 Å². The molecule has 44 heavy (non-hydrogen) atoms. The van der Waals surface area contributed by atoms with Gasteiger partial charge in [-0.25, -0.2) is 4.68 Å². The molecule has 1 aromatic carbocycles. The van der Waals surface area contributed by atoms with Gasteiger partial charge in [0, 0.05) is 49.5 Å². The van der Waals surface area contributed by atoms with Crippen LogP contribution in [0.2, 0.25) is 0 Å². The molecular formula is C31H37F3N6O4. The summed E-state index contributed by atoms with van der Waals surface area (Å²) in [5.74, 6) is -1.76. The molecule has 4 rings (SSSR count). The second-order valence-corrected chi connectivity index (χ2v) is 10.8. The van der Waals surface area contributed by atoms with Crippen molar-refractivity contribution in [1.29, 1.82) is 5.26 Å². The highest BCUT2D eigenvalue weighted by atomic mass is 19.4. The number of halogens is 3. The van der Waals surface area contributed by atoms with Gasteiger partial charge >= 0.3 is 6.18 Å². The van der Waals surface area contributed by atoms with Crippen molar-refractivity contribution in [2.24, 2.45) is 5.92 Å². The van der Waals surface area contributed by atoms with Crippen molar-refractivity contribution >= 4 is 24.2 Å². The van der Waals surface area contributed by atoms with E-state index in [1.807, 2.05) is 6.07 Å². The number of carbonyl (C=O) groups excluding carboxylic acids is 3. The Labute approximate surface area is 254 Å². The highest BCUT2D eigenvalue weighted by Gasteiger charge is 2.40. The number of aldehydes is 2. The van der Waals surface area contributed by atoms with Gasteiger partial charge in [-0.05, 0) is 81.7 Å². The molecule has 0 saturated carbocycles. The lowest BCUT2D eigenvalue weighted by Gasteiger charge is -2.26. The van der Waals surface area contributed by atoms with E-state index in [0.717, 1.165) is 37.6 Å². The number of phenolic OH excluding ortho intramolecular Hbond substituents is 1. The Hall–Kier alpha value is -4.28. The lowest BCUT2D eigenvalue weighted by atomic mass is 9.93. The molecule has 2 unspecified atom stereocenters. The van der Waals surface area contributed by atoms with Crippen molar-refractivity contribution in [1.82, 2.24) is 24.9 Å². The van der Waals surface area contributed by atoms with Crippen molar-refractivity contribution in [3.05, 3.63) is 65.0 Å². The van der Waals surface area contributed by atoms with E-state index in [9.17, 15) is 32.7 Å². The maximum absolute atomic E-state index is 13.0. The molecule has 0 bridgehead atoms. The van der Waals surface area contributed by atoms with Gasteiger partial charge in [0.15, 0.2) is 0 Å². The molecule has 0 radical (unpaired) electrons. The second-order valence-electron chi connectivity index (χ2n) is 10.8. The molecule has 1 aliphatic heterocycles. The van der Waals surface area contributed by atoms with E-state index in [2.05, 4.69) is 15.3 Å². The summed E-state index contributed by atoms with van der Waals surface area (Å²) in [7, 11) is 3.28. The number of hydrogen-bond donors (Lipinski definition) is 2. The van der Waals surface area contributed by atoms with Crippen LogP contribution in [0.3, 0.4) is 0 Å². The molecule has 10 nitrogen and oxygen atoms in total. The number of nitriles is 1. The summed E-state index contributed by atoms with van der Waals surface area (Å²) >= 11 is 0. The molecule has 2 N–H and O–H groups in total. The van der Waals surface area contributed by atoms with E-state index in [0.29, 0.717) is 36.1 Å². The van der Waals surface area contributed by atoms with Gasteiger partial charge in [0.25, 0.3) is 0 Å². The van der Waals surface area contributed by atoms with Crippen molar-refractivity contribution in [2.45, 2.75) is 57.4 Å². The van der Waals surface area contributed by atoms with Crippen molar-refractivity contribution in [3.8, 4) is 11.8 Å².